The Hall–Kier alpha value is -3.32. The van der Waals surface area contributed by atoms with Crippen molar-refractivity contribution < 1.29 is 9.66 Å². The smallest absolute Gasteiger partial charge is 0.271 e. The molecule has 2 heterocycles. The number of hydrogen-bond donors (Lipinski definition) is 1. The SMILES string of the molecule is N#Cc1nc(Nc2cccc([N+](=O)[O-])c2)nc(N2CCOCC2)n1. The molecule has 1 aliphatic rings. The van der Waals surface area contributed by atoms with E-state index in [1.807, 2.05) is 11.0 Å². The van der Waals surface area contributed by atoms with Gasteiger partial charge in [-0.1, -0.05) is 6.07 Å². The van der Waals surface area contributed by atoms with Crippen LogP contribution in [0.2, 0.25) is 0 Å². The van der Waals surface area contributed by atoms with Gasteiger partial charge in [-0.3, -0.25) is 10.1 Å². The summed E-state index contributed by atoms with van der Waals surface area (Å²) < 4.78 is 5.28. The Morgan fingerprint density at radius 2 is 2.08 bits per heavy atom. The van der Waals surface area contributed by atoms with Gasteiger partial charge in [0.15, 0.2) is 0 Å². The Bertz CT molecular complexity index is 799. The lowest BCUT2D eigenvalue weighted by atomic mass is 10.3. The molecule has 1 fully saturated rings. The number of nitro groups is 1. The molecule has 0 unspecified atom stereocenters. The highest BCUT2D eigenvalue weighted by molar-refractivity contribution is 5.58. The minimum Gasteiger partial charge on any atom is -0.378 e. The molecule has 1 aliphatic heterocycles. The number of morpholine rings is 1. The van der Waals surface area contributed by atoms with Crippen molar-refractivity contribution in [1.82, 2.24) is 15.0 Å². The average Bonchev–Trinajstić information content (AvgIpc) is 2.62. The summed E-state index contributed by atoms with van der Waals surface area (Å²) in [5.74, 6) is 0.501. The third-order valence-corrected chi connectivity index (χ3v) is 3.33. The molecule has 122 valence electrons. The normalized spacial score (nSPS) is 14.0. The van der Waals surface area contributed by atoms with Crippen molar-refractivity contribution in [3.8, 4) is 6.07 Å². The number of hydrogen-bond acceptors (Lipinski definition) is 9. The second-order valence-electron chi connectivity index (χ2n) is 4.93. The van der Waals surface area contributed by atoms with Crippen LogP contribution < -0.4 is 10.2 Å². The van der Waals surface area contributed by atoms with Crippen LogP contribution in [0.15, 0.2) is 24.3 Å². The van der Waals surface area contributed by atoms with Gasteiger partial charge in [-0.2, -0.15) is 20.2 Å². The fourth-order valence-electron chi connectivity index (χ4n) is 2.20. The molecular weight excluding hydrogens is 314 g/mol. The Kier molecular flexibility index (Phi) is 4.44. The monoisotopic (exact) mass is 327 g/mol. The third kappa shape index (κ3) is 3.53. The lowest BCUT2D eigenvalue weighted by Crippen LogP contribution is -2.37. The maximum Gasteiger partial charge on any atom is 0.271 e. The molecule has 0 aliphatic carbocycles. The lowest BCUT2D eigenvalue weighted by Gasteiger charge is -2.26. The summed E-state index contributed by atoms with van der Waals surface area (Å²) >= 11 is 0. The van der Waals surface area contributed by atoms with Gasteiger partial charge in [0.05, 0.1) is 18.1 Å². The first-order valence-corrected chi connectivity index (χ1v) is 7.16. The Labute approximate surface area is 136 Å². The number of rotatable bonds is 4. The van der Waals surface area contributed by atoms with Gasteiger partial charge in [-0.05, 0) is 6.07 Å². The molecule has 24 heavy (non-hydrogen) atoms. The van der Waals surface area contributed by atoms with Crippen LogP contribution in [0.3, 0.4) is 0 Å². The van der Waals surface area contributed by atoms with E-state index in [0.717, 1.165) is 0 Å². The minimum atomic E-state index is -0.488. The molecule has 2 aromatic rings. The molecule has 10 heteroatoms. The van der Waals surface area contributed by atoms with Crippen LogP contribution >= 0.6 is 0 Å². The van der Waals surface area contributed by atoms with E-state index in [1.165, 1.54) is 12.1 Å². The van der Waals surface area contributed by atoms with Crippen LogP contribution in [0.5, 0.6) is 0 Å². The first kappa shape index (κ1) is 15.6. The number of benzene rings is 1. The molecular formula is C14H13N7O3. The summed E-state index contributed by atoms with van der Waals surface area (Å²) in [5.41, 5.74) is 0.398. The molecule has 3 rings (SSSR count). The molecule has 0 spiro atoms. The molecule has 1 aromatic heterocycles. The van der Waals surface area contributed by atoms with E-state index in [2.05, 4.69) is 20.3 Å². The second-order valence-corrected chi connectivity index (χ2v) is 4.93. The van der Waals surface area contributed by atoms with Crippen molar-refractivity contribution in [3.05, 3.63) is 40.2 Å². The quantitative estimate of drug-likeness (QED) is 0.650. The molecule has 1 saturated heterocycles. The topological polar surface area (TPSA) is 130 Å². The van der Waals surface area contributed by atoms with E-state index in [1.54, 1.807) is 12.1 Å². The Morgan fingerprint density at radius 3 is 2.79 bits per heavy atom. The number of ether oxygens (including phenoxy) is 1. The maximum absolute atomic E-state index is 10.8. The van der Waals surface area contributed by atoms with Gasteiger partial charge in [0.1, 0.15) is 6.07 Å². The van der Waals surface area contributed by atoms with Crippen molar-refractivity contribution in [2.75, 3.05) is 36.5 Å². The molecule has 0 amide bonds. The van der Waals surface area contributed by atoms with Crippen molar-refractivity contribution in [2.24, 2.45) is 0 Å². The second kappa shape index (κ2) is 6.84. The number of nitrogens with one attached hydrogen (secondary N) is 1. The van der Waals surface area contributed by atoms with Crippen molar-refractivity contribution in [2.45, 2.75) is 0 Å². The van der Waals surface area contributed by atoms with E-state index in [9.17, 15) is 10.1 Å². The van der Waals surface area contributed by atoms with Crippen LogP contribution in [0.1, 0.15) is 5.82 Å². The minimum absolute atomic E-state index is 0.0283. The van der Waals surface area contributed by atoms with Crippen molar-refractivity contribution in [1.29, 1.82) is 5.26 Å². The molecule has 0 radical (unpaired) electrons. The fraction of sp³-hybridized carbons (Fsp3) is 0.286. The van der Waals surface area contributed by atoms with Gasteiger partial charge in [0, 0.05) is 30.9 Å². The highest BCUT2D eigenvalue weighted by Crippen LogP contribution is 2.21. The molecule has 1 aromatic carbocycles. The maximum atomic E-state index is 10.8. The van der Waals surface area contributed by atoms with E-state index in [4.69, 9.17) is 10.00 Å². The molecule has 0 atom stereocenters. The van der Waals surface area contributed by atoms with Gasteiger partial charge in [-0.25, -0.2) is 0 Å². The zero-order chi connectivity index (χ0) is 16.9. The van der Waals surface area contributed by atoms with Crippen LogP contribution in [-0.2, 0) is 4.74 Å². The Balaban J connectivity index is 1.88. The lowest BCUT2D eigenvalue weighted by molar-refractivity contribution is -0.384. The Morgan fingerprint density at radius 1 is 1.29 bits per heavy atom. The highest BCUT2D eigenvalue weighted by Gasteiger charge is 2.17. The fourth-order valence-corrected chi connectivity index (χ4v) is 2.20. The molecule has 0 bridgehead atoms. The molecule has 10 nitrogen and oxygen atoms in total. The zero-order valence-electron chi connectivity index (χ0n) is 12.5. The van der Waals surface area contributed by atoms with Crippen molar-refractivity contribution >= 4 is 23.3 Å². The predicted molar refractivity (Wildman–Crippen MR) is 84.0 cm³/mol. The zero-order valence-corrected chi connectivity index (χ0v) is 12.5. The summed E-state index contributed by atoms with van der Waals surface area (Å²) in [5, 5.41) is 22.8. The van der Waals surface area contributed by atoms with Gasteiger partial charge in [-0.15, -0.1) is 0 Å². The summed E-state index contributed by atoms with van der Waals surface area (Å²) in [6, 6.07) is 7.85. The number of anilines is 3. The number of nitrogens with zero attached hydrogens (tertiary/aromatic N) is 6. The van der Waals surface area contributed by atoms with Gasteiger partial charge >= 0.3 is 0 Å². The van der Waals surface area contributed by atoms with Crippen LogP contribution in [0, 0.1) is 21.4 Å². The van der Waals surface area contributed by atoms with E-state index in [-0.39, 0.29) is 17.5 Å². The van der Waals surface area contributed by atoms with Crippen LogP contribution in [0.25, 0.3) is 0 Å². The number of nitriles is 1. The highest BCUT2D eigenvalue weighted by atomic mass is 16.6. The summed E-state index contributed by atoms with van der Waals surface area (Å²) in [6.07, 6.45) is 0. The standard InChI is InChI=1S/C14H13N7O3/c15-9-12-17-13(16-10-2-1-3-11(8-10)21(22)23)19-14(18-12)20-4-6-24-7-5-20/h1-3,8H,4-7H2,(H,16,17,18,19). The predicted octanol–water partition coefficient (Wildman–Crippen LogP) is 1.23. The first-order chi connectivity index (χ1) is 11.7. The molecule has 1 N–H and O–H groups in total. The largest absolute Gasteiger partial charge is 0.378 e. The molecule has 0 saturated carbocycles. The van der Waals surface area contributed by atoms with Gasteiger partial charge in [0.25, 0.3) is 5.69 Å². The first-order valence-electron chi connectivity index (χ1n) is 7.16. The van der Waals surface area contributed by atoms with E-state index in [0.29, 0.717) is 37.9 Å². The third-order valence-electron chi connectivity index (χ3n) is 3.33. The average molecular weight is 327 g/mol. The number of nitro benzene ring substituents is 1. The van der Waals surface area contributed by atoms with Crippen LogP contribution in [0.4, 0.5) is 23.3 Å². The number of non-ortho nitro benzene ring substituents is 1. The summed E-state index contributed by atoms with van der Waals surface area (Å²) in [7, 11) is 0. The summed E-state index contributed by atoms with van der Waals surface area (Å²) in [6.45, 7) is 2.35. The van der Waals surface area contributed by atoms with E-state index < -0.39 is 4.92 Å². The van der Waals surface area contributed by atoms with Crippen LogP contribution in [-0.4, -0.2) is 46.2 Å². The van der Waals surface area contributed by atoms with Crippen molar-refractivity contribution in [3.63, 3.8) is 0 Å². The van der Waals surface area contributed by atoms with E-state index >= 15 is 0 Å². The van der Waals surface area contributed by atoms with Gasteiger partial charge < -0.3 is 15.0 Å². The number of aromatic nitrogens is 3. The van der Waals surface area contributed by atoms with Gasteiger partial charge in [0.2, 0.25) is 17.7 Å². The summed E-state index contributed by atoms with van der Waals surface area (Å²) in [4.78, 5) is 24.6.